The van der Waals surface area contributed by atoms with E-state index < -0.39 is 0 Å². The minimum atomic E-state index is 0.0675. The molecule has 0 unspecified atom stereocenters. The second-order valence-electron chi connectivity index (χ2n) is 5.37. The predicted molar refractivity (Wildman–Crippen MR) is 78.0 cm³/mol. The fraction of sp³-hybridized carbons (Fsp3) is 0.429. The summed E-state index contributed by atoms with van der Waals surface area (Å²) in [5, 5.41) is 17.4. The number of nitrogens with zero attached hydrogens (tertiary/aromatic N) is 4. The van der Waals surface area contributed by atoms with Crippen molar-refractivity contribution in [2.24, 2.45) is 5.92 Å². The quantitative estimate of drug-likeness (QED) is 0.879. The van der Waals surface area contributed by atoms with Gasteiger partial charge in [-0.1, -0.05) is 6.07 Å². The molecule has 2 atom stereocenters. The van der Waals surface area contributed by atoms with Crippen molar-refractivity contribution >= 4 is 11.6 Å². The summed E-state index contributed by atoms with van der Waals surface area (Å²) in [6, 6.07) is 7.88. The van der Waals surface area contributed by atoms with Gasteiger partial charge in [0.1, 0.15) is 6.33 Å². The van der Waals surface area contributed by atoms with Crippen LogP contribution in [0.15, 0.2) is 30.6 Å². The van der Waals surface area contributed by atoms with E-state index in [0.29, 0.717) is 6.04 Å². The van der Waals surface area contributed by atoms with Crippen LogP contribution in [0.4, 0.5) is 5.69 Å². The highest BCUT2D eigenvalue weighted by Gasteiger charge is 2.24. The largest absolute Gasteiger partial charge is 0.326 e. The lowest BCUT2D eigenvalue weighted by Gasteiger charge is -2.27. The monoisotopic (exact) mass is 286 g/mol. The van der Waals surface area contributed by atoms with Crippen LogP contribution in [0.2, 0.25) is 0 Å². The van der Waals surface area contributed by atoms with Crippen LogP contribution in [0.1, 0.15) is 19.8 Å². The zero-order chi connectivity index (χ0) is 14.7. The summed E-state index contributed by atoms with van der Waals surface area (Å²) in [7, 11) is 0. The first kappa shape index (κ1) is 13.7. The van der Waals surface area contributed by atoms with E-state index in [2.05, 4.69) is 33.1 Å². The topological polar surface area (TPSA) is 84.7 Å². The Morgan fingerprint density at radius 2 is 2.38 bits per heavy atom. The number of benzene rings is 1. The van der Waals surface area contributed by atoms with Crippen molar-refractivity contribution in [2.45, 2.75) is 25.8 Å². The maximum atomic E-state index is 12.3. The van der Waals surface area contributed by atoms with Crippen molar-refractivity contribution in [1.82, 2.24) is 25.5 Å². The fourth-order valence-corrected chi connectivity index (χ4v) is 2.62. The molecule has 1 aliphatic heterocycles. The van der Waals surface area contributed by atoms with E-state index in [1.54, 1.807) is 4.68 Å². The number of aromatic nitrogens is 4. The molecule has 0 saturated carbocycles. The van der Waals surface area contributed by atoms with Crippen molar-refractivity contribution < 1.29 is 4.79 Å². The van der Waals surface area contributed by atoms with Gasteiger partial charge in [-0.05, 0) is 54.9 Å². The number of amides is 1. The molecule has 3 rings (SSSR count). The maximum Gasteiger partial charge on any atom is 0.227 e. The molecule has 0 aliphatic carbocycles. The number of rotatable bonds is 3. The number of carbonyl (C=O) groups is 1. The van der Waals surface area contributed by atoms with Gasteiger partial charge >= 0.3 is 0 Å². The van der Waals surface area contributed by atoms with Gasteiger partial charge in [-0.3, -0.25) is 4.79 Å². The van der Waals surface area contributed by atoms with E-state index in [0.717, 1.165) is 30.8 Å². The molecular formula is C14H18N6O. The molecule has 1 aromatic carbocycles. The van der Waals surface area contributed by atoms with E-state index in [4.69, 9.17) is 0 Å². The van der Waals surface area contributed by atoms with Gasteiger partial charge in [0.25, 0.3) is 0 Å². The first-order valence-electron chi connectivity index (χ1n) is 7.10. The van der Waals surface area contributed by atoms with Gasteiger partial charge in [0.2, 0.25) is 5.91 Å². The molecule has 21 heavy (non-hydrogen) atoms. The SMILES string of the molecule is C[C@H]1C[C@@H](C(=O)Nc2cccc(-n3cnnn3)c2)CCN1. The van der Waals surface area contributed by atoms with Crippen LogP contribution < -0.4 is 10.6 Å². The summed E-state index contributed by atoms with van der Waals surface area (Å²) in [4.78, 5) is 12.3. The molecule has 0 bridgehead atoms. The molecule has 7 heteroatoms. The fourth-order valence-electron chi connectivity index (χ4n) is 2.62. The highest BCUT2D eigenvalue weighted by atomic mass is 16.1. The third-order valence-corrected chi connectivity index (χ3v) is 3.72. The van der Waals surface area contributed by atoms with E-state index in [9.17, 15) is 4.79 Å². The Morgan fingerprint density at radius 1 is 1.48 bits per heavy atom. The van der Waals surface area contributed by atoms with Crippen LogP contribution in [-0.4, -0.2) is 38.7 Å². The zero-order valence-electron chi connectivity index (χ0n) is 11.9. The van der Waals surface area contributed by atoms with Crippen molar-refractivity contribution in [3.63, 3.8) is 0 Å². The highest BCUT2D eigenvalue weighted by molar-refractivity contribution is 5.92. The Morgan fingerprint density at radius 3 is 3.14 bits per heavy atom. The summed E-state index contributed by atoms with van der Waals surface area (Å²) in [5.74, 6) is 0.148. The Labute approximate surface area is 122 Å². The lowest BCUT2D eigenvalue weighted by molar-refractivity contribution is -0.120. The first-order valence-corrected chi connectivity index (χ1v) is 7.10. The van der Waals surface area contributed by atoms with E-state index >= 15 is 0 Å². The molecule has 1 amide bonds. The number of hydrogen-bond acceptors (Lipinski definition) is 5. The molecule has 2 N–H and O–H groups in total. The summed E-state index contributed by atoms with van der Waals surface area (Å²) in [6.45, 7) is 3.00. The normalized spacial score (nSPS) is 22.0. The molecule has 110 valence electrons. The molecular weight excluding hydrogens is 268 g/mol. The highest BCUT2D eigenvalue weighted by Crippen LogP contribution is 2.19. The summed E-state index contributed by atoms with van der Waals surface area (Å²) >= 11 is 0. The average Bonchev–Trinajstić information content (AvgIpc) is 3.02. The summed E-state index contributed by atoms with van der Waals surface area (Å²) in [6.07, 6.45) is 3.27. The van der Waals surface area contributed by atoms with Gasteiger partial charge in [0.05, 0.1) is 5.69 Å². The lowest BCUT2D eigenvalue weighted by Crippen LogP contribution is -2.40. The van der Waals surface area contributed by atoms with E-state index in [1.165, 1.54) is 6.33 Å². The molecule has 2 aromatic rings. The summed E-state index contributed by atoms with van der Waals surface area (Å²) in [5.41, 5.74) is 1.58. The van der Waals surface area contributed by atoms with Crippen molar-refractivity contribution in [3.05, 3.63) is 30.6 Å². The summed E-state index contributed by atoms with van der Waals surface area (Å²) < 4.78 is 1.56. The van der Waals surface area contributed by atoms with Crippen molar-refractivity contribution in [1.29, 1.82) is 0 Å². The van der Waals surface area contributed by atoms with Gasteiger partial charge in [0.15, 0.2) is 0 Å². The van der Waals surface area contributed by atoms with E-state index in [-0.39, 0.29) is 11.8 Å². The van der Waals surface area contributed by atoms with Crippen LogP contribution in [-0.2, 0) is 4.79 Å². The standard InChI is InChI=1S/C14H18N6O/c1-10-7-11(5-6-15-10)14(21)17-12-3-2-4-13(8-12)20-9-16-18-19-20/h2-4,8-11,15H,5-7H2,1H3,(H,17,21)/t10-,11-/m0/s1. The first-order chi connectivity index (χ1) is 10.2. The number of anilines is 1. The second-order valence-corrected chi connectivity index (χ2v) is 5.37. The van der Waals surface area contributed by atoms with Gasteiger partial charge < -0.3 is 10.6 Å². The van der Waals surface area contributed by atoms with Gasteiger partial charge in [-0.25, -0.2) is 4.68 Å². The lowest BCUT2D eigenvalue weighted by atomic mass is 9.92. The molecule has 1 fully saturated rings. The number of tetrazole rings is 1. The minimum Gasteiger partial charge on any atom is -0.326 e. The predicted octanol–water partition coefficient (Wildman–Crippen LogP) is 0.989. The molecule has 2 heterocycles. The Balaban J connectivity index is 1.70. The van der Waals surface area contributed by atoms with Crippen LogP contribution in [0.3, 0.4) is 0 Å². The average molecular weight is 286 g/mol. The Bertz CT molecular complexity index is 612. The van der Waals surface area contributed by atoms with Crippen LogP contribution >= 0.6 is 0 Å². The van der Waals surface area contributed by atoms with E-state index in [1.807, 2.05) is 24.3 Å². The number of hydrogen-bond donors (Lipinski definition) is 2. The maximum absolute atomic E-state index is 12.3. The minimum absolute atomic E-state index is 0.0675. The van der Waals surface area contributed by atoms with Crippen LogP contribution in [0.5, 0.6) is 0 Å². The number of piperidine rings is 1. The second kappa shape index (κ2) is 6.01. The number of nitrogens with one attached hydrogen (secondary N) is 2. The Kier molecular flexibility index (Phi) is 3.92. The van der Waals surface area contributed by atoms with Gasteiger partial charge in [-0.15, -0.1) is 5.10 Å². The Hall–Kier alpha value is -2.28. The third-order valence-electron chi connectivity index (χ3n) is 3.72. The van der Waals surface area contributed by atoms with Crippen LogP contribution in [0.25, 0.3) is 5.69 Å². The van der Waals surface area contributed by atoms with Gasteiger partial charge in [-0.2, -0.15) is 0 Å². The van der Waals surface area contributed by atoms with Crippen LogP contribution in [0, 0.1) is 5.92 Å². The van der Waals surface area contributed by atoms with Crippen molar-refractivity contribution in [2.75, 3.05) is 11.9 Å². The molecule has 0 radical (unpaired) electrons. The molecule has 7 nitrogen and oxygen atoms in total. The smallest absolute Gasteiger partial charge is 0.227 e. The zero-order valence-corrected chi connectivity index (χ0v) is 11.9. The van der Waals surface area contributed by atoms with Gasteiger partial charge in [0, 0.05) is 17.6 Å². The third kappa shape index (κ3) is 3.25. The molecule has 0 spiro atoms. The van der Waals surface area contributed by atoms with Crippen molar-refractivity contribution in [3.8, 4) is 5.69 Å². The molecule has 1 saturated heterocycles. The molecule has 1 aromatic heterocycles. The number of carbonyl (C=O) groups excluding carboxylic acids is 1. The molecule has 1 aliphatic rings.